The third kappa shape index (κ3) is 7.58. The molecular formula is C39H48N6O4. The highest BCUT2D eigenvalue weighted by Gasteiger charge is 2.35. The van der Waals surface area contributed by atoms with Gasteiger partial charge in [-0.1, -0.05) is 31.2 Å². The number of carbonyl (C=O) groups is 2. The molecule has 3 aromatic carbocycles. The minimum absolute atomic E-state index is 0.128. The van der Waals surface area contributed by atoms with Crippen LogP contribution in [0.5, 0.6) is 0 Å². The molecule has 0 bridgehead atoms. The van der Waals surface area contributed by atoms with Gasteiger partial charge in [0, 0.05) is 24.2 Å². The van der Waals surface area contributed by atoms with Crippen LogP contribution in [0, 0.1) is 0 Å². The smallest absolute Gasteiger partial charge is 0.410 e. The van der Waals surface area contributed by atoms with Crippen molar-refractivity contribution in [1.82, 2.24) is 29.7 Å². The zero-order valence-corrected chi connectivity index (χ0v) is 29.9. The number of imidazole rings is 2. The van der Waals surface area contributed by atoms with Crippen LogP contribution in [0.4, 0.5) is 9.59 Å². The number of H-pyrrole nitrogens is 2. The lowest BCUT2D eigenvalue weighted by atomic mass is 9.99. The Morgan fingerprint density at radius 2 is 1.45 bits per heavy atom. The molecule has 10 heteroatoms. The number of hydrogen-bond donors (Lipinski definition) is 2. The number of benzene rings is 3. The summed E-state index contributed by atoms with van der Waals surface area (Å²) in [5.74, 6) is 1.50. The van der Waals surface area contributed by atoms with E-state index in [1.54, 1.807) is 9.80 Å². The molecular weight excluding hydrogens is 616 g/mol. The molecule has 3 heterocycles. The van der Waals surface area contributed by atoms with Crippen molar-refractivity contribution in [3.8, 4) is 22.5 Å². The van der Waals surface area contributed by atoms with E-state index in [4.69, 9.17) is 9.47 Å². The summed E-state index contributed by atoms with van der Waals surface area (Å²) in [6, 6.07) is 16.8. The number of rotatable bonds is 7. The molecule has 1 aliphatic rings. The summed E-state index contributed by atoms with van der Waals surface area (Å²) in [4.78, 5) is 45.6. The summed E-state index contributed by atoms with van der Waals surface area (Å²) in [6.07, 6.45) is 5.62. The van der Waals surface area contributed by atoms with E-state index in [2.05, 4.69) is 68.5 Å². The highest BCUT2D eigenvalue weighted by molar-refractivity contribution is 6.00. The minimum Gasteiger partial charge on any atom is -0.444 e. The number of ether oxygens (including phenoxy) is 2. The van der Waals surface area contributed by atoms with Crippen LogP contribution in [0.15, 0.2) is 60.9 Å². The Balaban J connectivity index is 1.21. The zero-order chi connectivity index (χ0) is 35.1. The van der Waals surface area contributed by atoms with Crippen LogP contribution >= 0.6 is 0 Å². The topological polar surface area (TPSA) is 116 Å². The molecule has 0 radical (unpaired) electrons. The SMILES string of the molecule is CCCN(C(=O)OC(C)(C)C)C(C)c1ncc(-c2ccc3cc4cc(-c5cnc([C@@H]6CCCN6C(=O)OC(C)(C)C)[nH]5)ccc4cc3c2)[nH]1. The van der Waals surface area contributed by atoms with Gasteiger partial charge in [-0.25, -0.2) is 19.6 Å². The van der Waals surface area contributed by atoms with E-state index in [9.17, 15) is 9.59 Å². The Hall–Kier alpha value is -4.86. The fourth-order valence-electron chi connectivity index (χ4n) is 6.42. The molecule has 0 saturated carbocycles. The van der Waals surface area contributed by atoms with Gasteiger partial charge in [0.15, 0.2) is 0 Å². The summed E-state index contributed by atoms with van der Waals surface area (Å²) >= 11 is 0. The van der Waals surface area contributed by atoms with Crippen LogP contribution in [-0.4, -0.2) is 66.2 Å². The zero-order valence-electron chi connectivity index (χ0n) is 29.9. The van der Waals surface area contributed by atoms with Gasteiger partial charge in [0.25, 0.3) is 0 Å². The molecule has 2 N–H and O–H groups in total. The molecule has 49 heavy (non-hydrogen) atoms. The first-order valence-electron chi connectivity index (χ1n) is 17.3. The average molecular weight is 665 g/mol. The number of hydrogen-bond acceptors (Lipinski definition) is 6. The molecule has 0 aliphatic carbocycles. The van der Waals surface area contributed by atoms with Gasteiger partial charge < -0.3 is 19.4 Å². The van der Waals surface area contributed by atoms with Crippen molar-refractivity contribution < 1.29 is 19.1 Å². The molecule has 258 valence electrons. The van der Waals surface area contributed by atoms with Crippen LogP contribution in [0.25, 0.3) is 44.1 Å². The standard InChI is InChI=1S/C39H48N6O4/c1-9-16-44(36(46)48-38(3,4)5)24(2)34-40-22-31(42-34)27-14-12-25-19-30-21-28(15-13-26(30)18-29(25)20-27)32-23-41-35(43-32)33-11-10-17-45(33)37(47)49-39(6,7)8/h12-15,18-24,33H,9-11,16-17H2,1-8H3,(H,40,42)(H,41,43)/t24?,33-/m0/s1. The maximum atomic E-state index is 13.0. The normalized spacial score (nSPS) is 15.9. The quantitative estimate of drug-likeness (QED) is 0.167. The number of carbonyl (C=O) groups excluding carboxylic acids is 2. The van der Waals surface area contributed by atoms with Crippen molar-refractivity contribution in [3.63, 3.8) is 0 Å². The van der Waals surface area contributed by atoms with Gasteiger partial charge in [0.1, 0.15) is 22.9 Å². The number of nitrogens with one attached hydrogen (secondary N) is 2. The fraction of sp³-hybridized carbons (Fsp3) is 0.436. The van der Waals surface area contributed by atoms with Crippen LogP contribution in [0.1, 0.15) is 98.4 Å². The summed E-state index contributed by atoms with van der Waals surface area (Å²) in [6.45, 7) is 16.5. The predicted octanol–water partition coefficient (Wildman–Crippen LogP) is 9.55. The summed E-state index contributed by atoms with van der Waals surface area (Å²) in [5.41, 5.74) is 2.74. The molecule has 2 atom stereocenters. The second-order valence-corrected chi connectivity index (χ2v) is 15.0. The molecule has 10 nitrogen and oxygen atoms in total. The number of fused-ring (bicyclic) bond motifs is 2. The van der Waals surface area contributed by atoms with Crippen molar-refractivity contribution in [1.29, 1.82) is 0 Å². The predicted molar refractivity (Wildman–Crippen MR) is 193 cm³/mol. The van der Waals surface area contributed by atoms with Crippen LogP contribution < -0.4 is 0 Å². The molecule has 2 aromatic heterocycles. The number of aromatic amines is 2. The van der Waals surface area contributed by atoms with E-state index >= 15 is 0 Å². The summed E-state index contributed by atoms with van der Waals surface area (Å²) in [5, 5.41) is 4.51. The van der Waals surface area contributed by atoms with Crippen molar-refractivity contribution >= 4 is 33.7 Å². The molecule has 0 spiro atoms. The molecule has 1 aliphatic heterocycles. The molecule has 1 fully saturated rings. The Kier molecular flexibility index (Phi) is 9.17. The molecule has 1 unspecified atom stereocenters. The van der Waals surface area contributed by atoms with E-state index in [-0.39, 0.29) is 24.3 Å². The van der Waals surface area contributed by atoms with Gasteiger partial charge in [-0.05, 0) is 114 Å². The van der Waals surface area contributed by atoms with E-state index in [1.807, 2.05) is 67.8 Å². The number of nitrogens with zero attached hydrogens (tertiary/aromatic N) is 4. The third-order valence-corrected chi connectivity index (χ3v) is 8.76. The second-order valence-electron chi connectivity index (χ2n) is 15.0. The fourth-order valence-corrected chi connectivity index (χ4v) is 6.42. The van der Waals surface area contributed by atoms with E-state index in [1.165, 1.54) is 0 Å². The first kappa shape index (κ1) is 34.0. The highest BCUT2D eigenvalue weighted by Crippen LogP contribution is 2.34. The molecule has 2 amide bonds. The van der Waals surface area contributed by atoms with Crippen molar-refractivity contribution in [3.05, 3.63) is 72.6 Å². The van der Waals surface area contributed by atoms with Gasteiger partial charge in [-0.2, -0.15) is 0 Å². The number of likely N-dealkylation sites (tertiary alicyclic amines) is 1. The lowest BCUT2D eigenvalue weighted by Gasteiger charge is -2.30. The van der Waals surface area contributed by atoms with Gasteiger partial charge in [-0.15, -0.1) is 0 Å². The van der Waals surface area contributed by atoms with Crippen molar-refractivity contribution in [2.45, 2.75) is 97.9 Å². The molecule has 1 saturated heterocycles. The van der Waals surface area contributed by atoms with Gasteiger partial charge >= 0.3 is 12.2 Å². The second kappa shape index (κ2) is 13.2. The summed E-state index contributed by atoms with van der Waals surface area (Å²) in [7, 11) is 0. The maximum Gasteiger partial charge on any atom is 0.410 e. The van der Waals surface area contributed by atoms with E-state index in [0.717, 1.165) is 69.1 Å². The first-order chi connectivity index (χ1) is 23.2. The Morgan fingerprint density at radius 3 is 2.04 bits per heavy atom. The largest absolute Gasteiger partial charge is 0.444 e. The lowest BCUT2D eigenvalue weighted by Crippen LogP contribution is -2.39. The Labute approximate surface area is 288 Å². The van der Waals surface area contributed by atoms with E-state index in [0.29, 0.717) is 18.9 Å². The third-order valence-electron chi connectivity index (χ3n) is 8.76. The van der Waals surface area contributed by atoms with Gasteiger partial charge in [-0.3, -0.25) is 9.80 Å². The van der Waals surface area contributed by atoms with Gasteiger partial charge in [0.2, 0.25) is 0 Å². The van der Waals surface area contributed by atoms with Crippen LogP contribution in [0.3, 0.4) is 0 Å². The van der Waals surface area contributed by atoms with E-state index < -0.39 is 11.2 Å². The van der Waals surface area contributed by atoms with Crippen LogP contribution in [-0.2, 0) is 9.47 Å². The number of aromatic nitrogens is 4. The monoisotopic (exact) mass is 664 g/mol. The average Bonchev–Trinajstić information content (AvgIpc) is 3.81. The Bertz CT molecular complexity index is 1980. The molecule has 5 aromatic rings. The molecule has 6 rings (SSSR count). The van der Waals surface area contributed by atoms with Crippen LogP contribution in [0.2, 0.25) is 0 Å². The van der Waals surface area contributed by atoms with Crippen molar-refractivity contribution in [2.75, 3.05) is 13.1 Å². The summed E-state index contributed by atoms with van der Waals surface area (Å²) < 4.78 is 11.3. The number of amides is 2. The van der Waals surface area contributed by atoms with Crippen molar-refractivity contribution in [2.24, 2.45) is 0 Å². The maximum absolute atomic E-state index is 13.0. The highest BCUT2D eigenvalue weighted by atomic mass is 16.6. The minimum atomic E-state index is -0.571. The van der Waals surface area contributed by atoms with Gasteiger partial charge in [0.05, 0.1) is 35.9 Å². The first-order valence-corrected chi connectivity index (χ1v) is 17.3. The lowest BCUT2D eigenvalue weighted by molar-refractivity contribution is 0.0164. The Morgan fingerprint density at radius 1 is 0.857 bits per heavy atom.